The lowest BCUT2D eigenvalue weighted by Crippen LogP contribution is -2.47. The molecule has 1 rings (SSSR count). The molecule has 0 aromatic rings. The lowest BCUT2D eigenvalue weighted by Gasteiger charge is -2.33. The molecule has 17 heavy (non-hydrogen) atoms. The summed E-state index contributed by atoms with van der Waals surface area (Å²) in [6.07, 6.45) is 6.96. The topological polar surface area (TPSA) is 15.3 Å². The summed E-state index contributed by atoms with van der Waals surface area (Å²) in [7, 11) is 0. The van der Waals surface area contributed by atoms with Gasteiger partial charge in [-0.1, -0.05) is 40.5 Å². The third-order valence-electron chi connectivity index (χ3n) is 4.14. The molecule has 1 fully saturated rings. The Labute approximate surface area is 108 Å². The fourth-order valence-corrected chi connectivity index (χ4v) is 2.90. The zero-order valence-electron chi connectivity index (χ0n) is 12.3. The van der Waals surface area contributed by atoms with Crippen molar-refractivity contribution in [3.8, 4) is 0 Å². The van der Waals surface area contributed by atoms with Gasteiger partial charge in [0, 0.05) is 18.6 Å². The Morgan fingerprint density at radius 1 is 1.18 bits per heavy atom. The number of hydrogen-bond donors (Lipinski definition) is 1. The standard InChI is InChI=1S/C15H32N2/c1-5-11-16-15(13(3)4)12-17(6-2)14-9-7-8-10-14/h13-16H,5-12H2,1-4H3. The highest BCUT2D eigenvalue weighted by molar-refractivity contribution is 4.82. The Bertz CT molecular complexity index is 185. The second-order valence-corrected chi connectivity index (χ2v) is 5.83. The molecular weight excluding hydrogens is 208 g/mol. The van der Waals surface area contributed by atoms with Crippen molar-refractivity contribution in [1.82, 2.24) is 10.2 Å². The number of nitrogens with zero attached hydrogens (tertiary/aromatic N) is 1. The maximum absolute atomic E-state index is 3.72. The van der Waals surface area contributed by atoms with Gasteiger partial charge >= 0.3 is 0 Å². The van der Waals surface area contributed by atoms with Gasteiger partial charge in [-0.3, -0.25) is 4.90 Å². The van der Waals surface area contributed by atoms with Gasteiger partial charge in [0.05, 0.1) is 0 Å². The number of likely N-dealkylation sites (N-methyl/N-ethyl adjacent to an activating group) is 1. The summed E-state index contributed by atoms with van der Waals surface area (Å²) in [6.45, 7) is 12.9. The third-order valence-corrected chi connectivity index (χ3v) is 4.14. The minimum absolute atomic E-state index is 0.662. The molecular formula is C15H32N2. The van der Waals surface area contributed by atoms with Crippen molar-refractivity contribution in [2.75, 3.05) is 19.6 Å². The fourth-order valence-electron chi connectivity index (χ4n) is 2.90. The summed E-state index contributed by atoms with van der Waals surface area (Å²) in [4.78, 5) is 2.71. The van der Waals surface area contributed by atoms with Crippen LogP contribution in [0.3, 0.4) is 0 Å². The molecule has 1 aliphatic carbocycles. The van der Waals surface area contributed by atoms with Gasteiger partial charge in [-0.05, 0) is 38.3 Å². The fraction of sp³-hybridized carbons (Fsp3) is 1.00. The van der Waals surface area contributed by atoms with Crippen LogP contribution in [0.1, 0.15) is 59.8 Å². The van der Waals surface area contributed by atoms with Crippen LogP contribution in [0, 0.1) is 5.92 Å². The van der Waals surface area contributed by atoms with E-state index in [9.17, 15) is 0 Å². The van der Waals surface area contributed by atoms with Crippen LogP contribution in [0.25, 0.3) is 0 Å². The highest BCUT2D eigenvalue weighted by Crippen LogP contribution is 2.23. The molecule has 2 nitrogen and oxygen atoms in total. The number of hydrogen-bond acceptors (Lipinski definition) is 2. The van der Waals surface area contributed by atoms with E-state index in [4.69, 9.17) is 0 Å². The smallest absolute Gasteiger partial charge is 0.0218 e. The van der Waals surface area contributed by atoms with Crippen molar-refractivity contribution >= 4 is 0 Å². The summed E-state index contributed by atoms with van der Waals surface area (Å²) in [6, 6.07) is 1.53. The van der Waals surface area contributed by atoms with Crippen molar-refractivity contribution in [3.63, 3.8) is 0 Å². The SMILES string of the molecule is CCCNC(CN(CC)C1CCCC1)C(C)C. The van der Waals surface area contributed by atoms with Crippen molar-refractivity contribution in [2.45, 2.75) is 71.9 Å². The van der Waals surface area contributed by atoms with Crippen molar-refractivity contribution in [3.05, 3.63) is 0 Å². The van der Waals surface area contributed by atoms with E-state index in [2.05, 4.69) is 37.9 Å². The number of nitrogens with one attached hydrogen (secondary N) is 1. The Morgan fingerprint density at radius 2 is 1.82 bits per heavy atom. The molecule has 0 aliphatic heterocycles. The normalized spacial score (nSPS) is 19.4. The predicted molar refractivity (Wildman–Crippen MR) is 76.4 cm³/mol. The Kier molecular flexibility index (Phi) is 7.14. The van der Waals surface area contributed by atoms with Crippen LogP contribution in [0.2, 0.25) is 0 Å². The van der Waals surface area contributed by atoms with E-state index in [1.165, 1.54) is 45.2 Å². The molecule has 0 aromatic heterocycles. The lowest BCUT2D eigenvalue weighted by molar-refractivity contribution is 0.170. The summed E-state index contributed by atoms with van der Waals surface area (Å²) in [5, 5.41) is 3.72. The van der Waals surface area contributed by atoms with Crippen molar-refractivity contribution in [1.29, 1.82) is 0 Å². The van der Waals surface area contributed by atoms with Crippen LogP contribution in [-0.4, -0.2) is 36.6 Å². The van der Waals surface area contributed by atoms with Gasteiger partial charge in [-0.2, -0.15) is 0 Å². The van der Waals surface area contributed by atoms with E-state index < -0.39 is 0 Å². The summed E-state index contributed by atoms with van der Waals surface area (Å²) < 4.78 is 0. The molecule has 0 aromatic carbocycles. The van der Waals surface area contributed by atoms with E-state index in [0.717, 1.165) is 18.5 Å². The molecule has 0 bridgehead atoms. The van der Waals surface area contributed by atoms with E-state index >= 15 is 0 Å². The summed E-state index contributed by atoms with van der Waals surface area (Å²) >= 11 is 0. The molecule has 1 aliphatic rings. The molecule has 0 amide bonds. The van der Waals surface area contributed by atoms with Crippen LogP contribution < -0.4 is 5.32 Å². The monoisotopic (exact) mass is 240 g/mol. The molecule has 0 radical (unpaired) electrons. The van der Waals surface area contributed by atoms with Gasteiger partial charge in [-0.25, -0.2) is 0 Å². The summed E-state index contributed by atoms with van der Waals surface area (Å²) in [5.74, 6) is 0.733. The second kappa shape index (κ2) is 8.10. The summed E-state index contributed by atoms with van der Waals surface area (Å²) in [5.41, 5.74) is 0. The molecule has 0 spiro atoms. The minimum atomic E-state index is 0.662. The molecule has 0 saturated heterocycles. The van der Waals surface area contributed by atoms with Crippen LogP contribution >= 0.6 is 0 Å². The lowest BCUT2D eigenvalue weighted by atomic mass is 10.0. The van der Waals surface area contributed by atoms with E-state index in [-0.39, 0.29) is 0 Å². The van der Waals surface area contributed by atoms with Gasteiger partial charge < -0.3 is 5.32 Å². The highest BCUT2D eigenvalue weighted by atomic mass is 15.2. The molecule has 1 N–H and O–H groups in total. The first-order chi connectivity index (χ1) is 8.19. The van der Waals surface area contributed by atoms with E-state index in [1.54, 1.807) is 0 Å². The Hall–Kier alpha value is -0.0800. The molecule has 1 unspecified atom stereocenters. The van der Waals surface area contributed by atoms with Gasteiger partial charge in [0.25, 0.3) is 0 Å². The van der Waals surface area contributed by atoms with Gasteiger partial charge in [-0.15, -0.1) is 0 Å². The van der Waals surface area contributed by atoms with Crippen LogP contribution in [0.4, 0.5) is 0 Å². The maximum atomic E-state index is 3.72. The Balaban J connectivity index is 2.44. The third kappa shape index (κ3) is 4.97. The molecule has 0 heterocycles. The van der Waals surface area contributed by atoms with E-state index in [0.29, 0.717) is 6.04 Å². The van der Waals surface area contributed by atoms with Crippen molar-refractivity contribution < 1.29 is 0 Å². The first-order valence-corrected chi connectivity index (χ1v) is 7.66. The van der Waals surface area contributed by atoms with E-state index in [1.807, 2.05) is 0 Å². The molecule has 1 saturated carbocycles. The predicted octanol–water partition coefficient (Wildman–Crippen LogP) is 3.28. The molecule has 102 valence electrons. The van der Waals surface area contributed by atoms with Crippen LogP contribution in [0.5, 0.6) is 0 Å². The Morgan fingerprint density at radius 3 is 2.29 bits per heavy atom. The first-order valence-electron chi connectivity index (χ1n) is 7.66. The molecule has 2 heteroatoms. The zero-order chi connectivity index (χ0) is 12.7. The minimum Gasteiger partial charge on any atom is -0.312 e. The van der Waals surface area contributed by atoms with Gasteiger partial charge in [0.15, 0.2) is 0 Å². The number of rotatable bonds is 8. The van der Waals surface area contributed by atoms with Crippen LogP contribution in [0.15, 0.2) is 0 Å². The maximum Gasteiger partial charge on any atom is 0.0218 e. The van der Waals surface area contributed by atoms with Gasteiger partial charge in [0.1, 0.15) is 0 Å². The van der Waals surface area contributed by atoms with Crippen molar-refractivity contribution in [2.24, 2.45) is 5.92 Å². The average molecular weight is 240 g/mol. The largest absolute Gasteiger partial charge is 0.312 e. The quantitative estimate of drug-likeness (QED) is 0.700. The average Bonchev–Trinajstić information content (AvgIpc) is 2.82. The molecule has 1 atom stereocenters. The van der Waals surface area contributed by atoms with Crippen LogP contribution in [-0.2, 0) is 0 Å². The highest BCUT2D eigenvalue weighted by Gasteiger charge is 2.24. The first kappa shape index (κ1) is 15.0. The van der Waals surface area contributed by atoms with Gasteiger partial charge in [0.2, 0.25) is 0 Å². The zero-order valence-corrected chi connectivity index (χ0v) is 12.3. The second-order valence-electron chi connectivity index (χ2n) is 5.83.